The van der Waals surface area contributed by atoms with Gasteiger partial charge in [-0.25, -0.2) is 9.07 Å². The fraction of sp³-hybridized carbons (Fsp3) is 0.400. The molecule has 4 heterocycles. The van der Waals surface area contributed by atoms with Gasteiger partial charge in [-0.05, 0) is 68.9 Å². The molecule has 2 aromatic heterocycles. The van der Waals surface area contributed by atoms with Crippen LogP contribution in [-0.2, 0) is 12.7 Å². The summed E-state index contributed by atoms with van der Waals surface area (Å²) in [6.07, 6.45) is 4.13. The predicted molar refractivity (Wildman–Crippen MR) is 149 cm³/mol. The lowest BCUT2D eigenvalue weighted by atomic mass is 10.1. The summed E-state index contributed by atoms with van der Waals surface area (Å²) < 4.78 is 58.1. The highest BCUT2D eigenvalue weighted by Gasteiger charge is 2.31. The van der Waals surface area contributed by atoms with Gasteiger partial charge in [0.15, 0.2) is 0 Å². The molecule has 0 radical (unpaired) electrons. The average molecular weight is 583 g/mol. The number of benzene rings is 2. The Bertz CT molecular complexity index is 1680. The zero-order valence-electron chi connectivity index (χ0n) is 22.9. The van der Waals surface area contributed by atoms with Crippen LogP contribution in [0.15, 0.2) is 53.6 Å². The number of fused-ring (bicyclic) bond motifs is 1. The van der Waals surface area contributed by atoms with Crippen molar-refractivity contribution in [2.75, 3.05) is 31.1 Å². The lowest BCUT2D eigenvalue weighted by Crippen LogP contribution is -2.38. The number of hydrogen-bond acceptors (Lipinski definition) is 5. The number of hydrogen-bond donors (Lipinski definition) is 0. The standard InChI is InChI=1S/C30H30F4N6O2/c31-25-15-23-26(16-27(25)37-10-3-1-4-11-37)39(19-24(28(23)41)29(42)38-12-5-2-6-13-38)17-21-18-40(36-35-21)22-9-7-8-20(14-22)30(32,33)34/h7-9,14-16,18-19H,1-6,10-13,17H2. The van der Waals surface area contributed by atoms with E-state index in [0.29, 0.717) is 43.1 Å². The van der Waals surface area contributed by atoms with Crippen molar-refractivity contribution in [1.82, 2.24) is 24.5 Å². The first-order chi connectivity index (χ1) is 20.2. The van der Waals surface area contributed by atoms with Crippen LogP contribution in [0.1, 0.15) is 60.1 Å². The molecule has 0 N–H and O–H groups in total. The van der Waals surface area contributed by atoms with Crippen LogP contribution in [0, 0.1) is 5.82 Å². The van der Waals surface area contributed by atoms with Crippen molar-refractivity contribution in [2.24, 2.45) is 0 Å². The molecule has 12 heteroatoms. The minimum absolute atomic E-state index is 0.0557. The molecule has 6 rings (SSSR count). The van der Waals surface area contributed by atoms with Gasteiger partial charge in [0.2, 0.25) is 5.43 Å². The number of carbonyl (C=O) groups is 1. The number of alkyl halides is 3. The molecule has 0 unspecified atom stereocenters. The Hall–Kier alpha value is -4.22. The van der Waals surface area contributed by atoms with Crippen molar-refractivity contribution >= 4 is 22.5 Å². The number of halogens is 4. The maximum absolute atomic E-state index is 15.4. The average Bonchev–Trinajstić information content (AvgIpc) is 3.47. The second-order valence-corrected chi connectivity index (χ2v) is 10.9. The van der Waals surface area contributed by atoms with Gasteiger partial charge in [0, 0.05) is 37.8 Å². The van der Waals surface area contributed by atoms with Gasteiger partial charge in [0.05, 0.1) is 35.2 Å². The number of carbonyl (C=O) groups excluding carboxylic acids is 1. The zero-order chi connectivity index (χ0) is 29.4. The second-order valence-electron chi connectivity index (χ2n) is 10.9. The van der Waals surface area contributed by atoms with E-state index in [1.165, 1.54) is 35.3 Å². The van der Waals surface area contributed by atoms with Crippen LogP contribution in [0.3, 0.4) is 0 Å². The Morgan fingerprint density at radius 2 is 1.62 bits per heavy atom. The van der Waals surface area contributed by atoms with E-state index in [0.717, 1.165) is 50.7 Å². The highest BCUT2D eigenvalue weighted by Crippen LogP contribution is 2.31. The van der Waals surface area contributed by atoms with Crippen LogP contribution >= 0.6 is 0 Å². The van der Waals surface area contributed by atoms with Crippen LogP contribution in [0.2, 0.25) is 0 Å². The predicted octanol–water partition coefficient (Wildman–Crippen LogP) is 5.40. The third kappa shape index (κ3) is 5.49. The molecular formula is C30H30F4N6O2. The molecule has 2 aliphatic heterocycles. The van der Waals surface area contributed by atoms with Crippen molar-refractivity contribution in [3.8, 4) is 5.69 Å². The molecule has 8 nitrogen and oxygen atoms in total. The smallest absolute Gasteiger partial charge is 0.369 e. The van der Waals surface area contributed by atoms with Crippen molar-refractivity contribution in [3.63, 3.8) is 0 Å². The topological polar surface area (TPSA) is 76.3 Å². The van der Waals surface area contributed by atoms with Crippen LogP contribution in [0.25, 0.3) is 16.6 Å². The SMILES string of the molecule is O=C(c1cn(Cc2cn(-c3cccc(C(F)(F)F)c3)nn2)c2cc(N3CCCCC3)c(F)cc2c1=O)N1CCCCC1. The van der Waals surface area contributed by atoms with E-state index >= 15 is 4.39 Å². The molecular weight excluding hydrogens is 552 g/mol. The quantitative estimate of drug-likeness (QED) is 0.295. The Morgan fingerprint density at radius 3 is 2.33 bits per heavy atom. The number of amides is 1. The van der Waals surface area contributed by atoms with E-state index in [2.05, 4.69) is 10.3 Å². The Kier molecular flexibility index (Phi) is 7.46. The van der Waals surface area contributed by atoms with Gasteiger partial charge >= 0.3 is 6.18 Å². The lowest BCUT2D eigenvalue weighted by Gasteiger charge is -2.30. The lowest BCUT2D eigenvalue weighted by molar-refractivity contribution is -0.137. The minimum Gasteiger partial charge on any atom is -0.369 e. The summed E-state index contributed by atoms with van der Waals surface area (Å²) in [5, 5.41) is 8.26. The zero-order valence-corrected chi connectivity index (χ0v) is 22.9. The van der Waals surface area contributed by atoms with Crippen LogP contribution in [0.5, 0.6) is 0 Å². The number of rotatable bonds is 5. The molecule has 0 bridgehead atoms. The van der Waals surface area contributed by atoms with Gasteiger partial charge in [-0.3, -0.25) is 9.59 Å². The highest BCUT2D eigenvalue weighted by atomic mass is 19.4. The molecule has 4 aromatic rings. The number of piperidine rings is 2. The number of anilines is 1. The first-order valence-electron chi connectivity index (χ1n) is 14.2. The van der Waals surface area contributed by atoms with E-state index in [1.807, 2.05) is 4.90 Å². The molecule has 1 amide bonds. The molecule has 2 saturated heterocycles. The maximum atomic E-state index is 15.4. The van der Waals surface area contributed by atoms with E-state index in [9.17, 15) is 22.8 Å². The maximum Gasteiger partial charge on any atom is 0.416 e. The van der Waals surface area contributed by atoms with Crippen molar-refractivity contribution in [3.05, 3.63) is 81.7 Å². The summed E-state index contributed by atoms with van der Waals surface area (Å²) in [4.78, 5) is 30.7. The summed E-state index contributed by atoms with van der Waals surface area (Å²) in [6.45, 7) is 2.54. The van der Waals surface area contributed by atoms with Crippen LogP contribution < -0.4 is 10.3 Å². The Morgan fingerprint density at radius 1 is 0.905 bits per heavy atom. The molecule has 2 fully saturated rings. The van der Waals surface area contributed by atoms with Gasteiger partial charge in [0.25, 0.3) is 5.91 Å². The molecule has 0 saturated carbocycles. The van der Waals surface area contributed by atoms with Crippen LogP contribution in [-0.4, -0.2) is 56.5 Å². The Labute approximate surface area is 239 Å². The molecule has 42 heavy (non-hydrogen) atoms. The summed E-state index contributed by atoms with van der Waals surface area (Å²) in [5.41, 5.74) is -0.00452. The molecule has 2 aliphatic rings. The van der Waals surface area contributed by atoms with E-state index in [1.54, 1.807) is 15.5 Å². The van der Waals surface area contributed by atoms with Crippen molar-refractivity contribution in [2.45, 2.75) is 51.2 Å². The van der Waals surface area contributed by atoms with Gasteiger partial charge in [0.1, 0.15) is 17.1 Å². The summed E-state index contributed by atoms with van der Waals surface area (Å²) in [7, 11) is 0. The molecule has 0 aliphatic carbocycles. The molecule has 2 aromatic carbocycles. The first-order valence-corrected chi connectivity index (χ1v) is 14.2. The summed E-state index contributed by atoms with van der Waals surface area (Å²) in [5.74, 6) is -0.922. The Balaban J connectivity index is 1.43. The van der Waals surface area contributed by atoms with Gasteiger partial charge < -0.3 is 14.4 Å². The van der Waals surface area contributed by atoms with Gasteiger partial charge in [-0.2, -0.15) is 13.2 Å². The van der Waals surface area contributed by atoms with E-state index in [4.69, 9.17) is 0 Å². The third-order valence-electron chi connectivity index (χ3n) is 8.03. The summed E-state index contributed by atoms with van der Waals surface area (Å²) in [6, 6.07) is 7.60. The first kappa shape index (κ1) is 27.9. The fourth-order valence-electron chi connectivity index (χ4n) is 5.82. The fourth-order valence-corrected chi connectivity index (χ4v) is 5.82. The number of pyridine rings is 1. The number of nitrogens with zero attached hydrogens (tertiary/aromatic N) is 6. The van der Waals surface area contributed by atoms with Gasteiger partial charge in [-0.15, -0.1) is 5.10 Å². The van der Waals surface area contributed by atoms with E-state index < -0.39 is 28.9 Å². The highest BCUT2D eigenvalue weighted by molar-refractivity contribution is 5.98. The third-order valence-corrected chi connectivity index (χ3v) is 8.03. The number of aromatic nitrogens is 4. The number of likely N-dealkylation sites (tertiary alicyclic amines) is 1. The van der Waals surface area contributed by atoms with E-state index in [-0.39, 0.29) is 23.2 Å². The molecule has 220 valence electrons. The summed E-state index contributed by atoms with van der Waals surface area (Å²) >= 11 is 0. The van der Waals surface area contributed by atoms with Crippen molar-refractivity contribution < 1.29 is 22.4 Å². The normalized spacial score (nSPS) is 16.3. The molecule has 0 atom stereocenters. The molecule has 0 spiro atoms. The van der Waals surface area contributed by atoms with Crippen molar-refractivity contribution in [1.29, 1.82) is 0 Å². The van der Waals surface area contributed by atoms with Crippen LogP contribution in [0.4, 0.5) is 23.2 Å². The largest absolute Gasteiger partial charge is 0.416 e. The van der Waals surface area contributed by atoms with Gasteiger partial charge in [-0.1, -0.05) is 11.3 Å². The minimum atomic E-state index is -4.51. The second kappa shape index (κ2) is 11.2. The monoisotopic (exact) mass is 582 g/mol.